The van der Waals surface area contributed by atoms with Gasteiger partial charge in [-0.15, -0.1) is 0 Å². The highest BCUT2D eigenvalue weighted by Gasteiger charge is 2.43. The molecule has 0 heterocycles. The fourth-order valence-corrected chi connectivity index (χ4v) is 1.85. The predicted molar refractivity (Wildman–Crippen MR) is 49.6 cm³/mol. The van der Waals surface area contributed by atoms with Gasteiger partial charge in [0.15, 0.2) is 0 Å². The van der Waals surface area contributed by atoms with Gasteiger partial charge < -0.3 is 9.47 Å². The molecule has 0 bridgehead atoms. The Balaban J connectivity index is 2.68. The molecule has 0 N–H and O–H groups in total. The Morgan fingerprint density at radius 2 is 2.00 bits per heavy atom. The standard InChI is InChI=1S/C10H16O4/c1-2-13-9(12)10(14-8-11)6-4-3-5-7-10/h8H,2-7H2,1H3. The van der Waals surface area contributed by atoms with Crippen molar-refractivity contribution < 1.29 is 19.1 Å². The fourth-order valence-electron chi connectivity index (χ4n) is 1.85. The lowest BCUT2D eigenvalue weighted by Crippen LogP contribution is -2.44. The van der Waals surface area contributed by atoms with Gasteiger partial charge in [0.25, 0.3) is 6.47 Å². The van der Waals surface area contributed by atoms with Gasteiger partial charge in [-0.25, -0.2) is 4.79 Å². The molecule has 4 heteroatoms. The van der Waals surface area contributed by atoms with Crippen LogP contribution < -0.4 is 0 Å². The van der Waals surface area contributed by atoms with Gasteiger partial charge in [0.05, 0.1) is 6.61 Å². The van der Waals surface area contributed by atoms with Crippen LogP contribution in [0.5, 0.6) is 0 Å². The number of hydrogen-bond acceptors (Lipinski definition) is 4. The van der Waals surface area contributed by atoms with Crippen molar-refractivity contribution in [3.63, 3.8) is 0 Å². The molecule has 0 saturated heterocycles. The van der Waals surface area contributed by atoms with E-state index in [-0.39, 0.29) is 0 Å². The molecule has 1 saturated carbocycles. The van der Waals surface area contributed by atoms with Gasteiger partial charge in [0.1, 0.15) is 0 Å². The van der Waals surface area contributed by atoms with Crippen molar-refractivity contribution in [3.8, 4) is 0 Å². The van der Waals surface area contributed by atoms with E-state index in [1.165, 1.54) is 0 Å². The second-order valence-electron chi connectivity index (χ2n) is 3.49. The quantitative estimate of drug-likeness (QED) is 0.508. The minimum atomic E-state index is -0.990. The number of esters is 1. The van der Waals surface area contributed by atoms with E-state index in [9.17, 15) is 9.59 Å². The summed E-state index contributed by atoms with van der Waals surface area (Å²) >= 11 is 0. The van der Waals surface area contributed by atoms with E-state index in [0.717, 1.165) is 19.3 Å². The number of carbonyl (C=O) groups is 2. The van der Waals surface area contributed by atoms with Crippen molar-refractivity contribution in [3.05, 3.63) is 0 Å². The maximum atomic E-state index is 11.6. The molecule has 1 aliphatic carbocycles. The Morgan fingerprint density at radius 3 is 2.50 bits per heavy atom. The summed E-state index contributed by atoms with van der Waals surface area (Å²) in [5.41, 5.74) is -0.990. The summed E-state index contributed by atoms with van der Waals surface area (Å²) in [5.74, 6) is -0.396. The van der Waals surface area contributed by atoms with Gasteiger partial charge >= 0.3 is 5.97 Å². The van der Waals surface area contributed by atoms with Gasteiger partial charge in [-0.2, -0.15) is 0 Å². The van der Waals surface area contributed by atoms with E-state index in [2.05, 4.69) is 0 Å². The highest BCUT2D eigenvalue weighted by molar-refractivity contribution is 5.81. The van der Waals surface area contributed by atoms with Crippen molar-refractivity contribution >= 4 is 12.4 Å². The third-order valence-electron chi connectivity index (χ3n) is 2.58. The minimum absolute atomic E-state index is 0.322. The van der Waals surface area contributed by atoms with Crippen molar-refractivity contribution in [2.45, 2.75) is 44.6 Å². The third kappa shape index (κ3) is 2.25. The van der Waals surface area contributed by atoms with Gasteiger partial charge in [0, 0.05) is 0 Å². The first-order valence-corrected chi connectivity index (χ1v) is 5.04. The molecule has 0 amide bonds. The van der Waals surface area contributed by atoms with E-state index < -0.39 is 11.6 Å². The SMILES string of the molecule is CCOC(=O)C1(OC=O)CCCCC1. The summed E-state index contributed by atoms with van der Waals surface area (Å²) in [6, 6.07) is 0. The van der Waals surface area contributed by atoms with Crippen LogP contribution in [0.1, 0.15) is 39.0 Å². The van der Waals surface area contributed by atoms with Gasteiger partial charge in [-0.05, 0) is 32.6 Å². The second kappa shape index (κ2) is 4.98. The highest BCUT2D eigenvalue weighted by Crippen LogP contribution is 2.32. The molecule has 0 atom stereocenters. The largest absolute Gasteiger partial charge is 0.463 e. The Morgan fingerprint density at radius 1 is 1.36 bits per heavy atom. The Bertz CT molecular complexity index is 206. The fraction of sp³-hybridized carbons (Fsp3) is 0.800. The van der Waals surface area contributed by atoms with Gasteiger partial charge in [-0.3, -0.25) is 4.79 Å². The monoisotopic (exact) mass is 200 g/mol. The maximum absolute atomic E-state index is 11.6. The lowest BCUT2D eigenvalue weighted by atomic mass is 9.84. The maximum Gasteiger partial charge on any atom is 0.350 e. The molecule has 14 heavy (non-hydrogen) atoms. The average Bonchev–Trinajstić information content (AvgIpc) is 2.20. The van der Waals surface area contributed by atoms with E-state index in [1.807, 2.05) is 0 Å². The minimum Gasteiger partial charge on any atom is -0.463 e. The van der Waals surface area contributed by atoms with E-state index in [4.69, 9.17) is 9.47 Å². The summed E-state index contributed by atoms with van der Waals surface area (Å²) in [7, 11) is 0. The lowest BCUT2D eigenvalue weighted by Gasteiger charge is -2.32. The highest BCUT2D eigenvalue weighted by atomic mass is 16.6. The number of rotatable bonds is 4. The molecule has 0 aliphatic heterocycles. The first-order valence-electron chi connectivity index (χ1n) is 5.04. The Kier molecular flexibility index (Phi) is 3.92. The zero-order valence-electron chi connectivity index (χ0n) is 8.45. The lowest BCUT2D eigenvalue weighted by molar-refractivity contribution is -0.179. The van der Waals surface area contributed by atoms with Crippen LogP contribution in [0.4, 0.5) is 0 Å². The average molecular weight is 200 g/mol. The van der Waals surface area contributed by atoms with Crippen LogP contribution in [-0.2, 0) is 19.1 Å². The molecule has 0 unspecified atom stereocenters. The Labute approximate surface area is 83.6 Å². The van der Waals surface area contributed by atoms with Crippen molar-refractivity contribution in [2.24, 2.45) is 0 Å². The first-order chi connectivity index (χ1) is 6.75. The predicted octanol–water partition coefficient (Wildman–Crippen LogP) is 1.43. The van der Waals surface area contributed by atoms with Crippen LogP contribution in [0.2, 0.25) is 0 Å². The van der Waals surface area contributed by atoms with Gasteiger partial charge in [-0.1, -0.05) is 6.42 Å². The zero-order valence-corrected chi connectivity index (χ0v) is 8.45. The molecule has 4 nitrogen and oxygen atoms in total. The van der Waals surface area contributed by atoms with Crippen LogP contribution in [0.3, 0.4) is 0 Å². The molecule has 80 valence electrons. The molecule has 1 fully saturated rings. The van der Waals surface area contributed by atoms with Crippen molar-refractivity contribution in [1.29, 1.82) is 0 Å². The number of ether oxygens (including phenoxy) is 2. The summed E-state index contributed by atoms with van der Waals surface area (Å²) < 4.78 is 9.84. The molecule has 0 radical (unpaired) electrons. The van der Waals surface area contributed by atoms with E-state index in [1.54, 1.807) is 6.92 Å². The topological polar surface area (TPSA) is 52.6 Å². The summed E-state index contributed by atoms with van der Waals surface area (Å²) in [6.45, 7) is 2.42. The van der Waals surface area contributed by atoms with Crippen LogP contribution in [-0.4, -0.2) is 24.6 Å². The molecule has 0 aromatic carbocycles. The number of hydrogen-bond donors (Lipinski definition) is 0. The molecular formula is C10H16O4. The van der Waals surface area contributed by atoms with Crippen molar-refractivity contribution in [1.82, 2.24) is 0 Å². The van der Waals surface area contributed by atoms with Crippen LogP contribution >= 0.6 is 0 Å². The molecule has 0 aromatic rings. The van der Waals surface area contributed by atoms with E-state index in [0.29, 0.717) is 25.9 Å². The first kappa shape index (κ1) is 11.0. The van der Waals surface area contributed by atoms with Crippen LogP contribution in [0, 0.1) is 0 Å². The second-order valence-corrected chi connectivity index (χ2v) is 3.49. The Hall–Kier alpha value is -1.06. The molecular weight excluding hydrogens is 184 g/mol. The molecule has 0 spiro atoms. The normalized spacial score (nSPS) is 19.8. The van der Waals surface area contributed by atoms with Gasteiger partial charge in [0.2, 0.25) is 5.60 Å². The van der Waals surface area contributed by atoms with Crippen LogP contribution in [0.15, 0.2) is 0 Å². The number of carbonyl (C=O) groups excluding carboxylic acids is 2. The summed E-state index contributed by atoms with van der Waals surface area (Å²) in [5, 5.41) is 0. The smallest absolute Gasteiger partial charge is 0.350 e. The zero-order chi connectivity index (χ0) is 10.4. The molecule has 1 aliphatic rings. The summed E-state index contributed by atoms with van der Waals surface area (Å²) in [4.78, 5) is 22.0. The van der Waals surface area contributed by atoms with Crippen molar-refractivity contribution in [2.75, 3.05) is 6.61 Å². The van der Waals surface area contributed by atoms with Crippen LogP contribution in [0.25, 0.3) is 0 Å². The third-order valence-corrected chi connectivity index (χ3v) is 2.58. The van der Waals surface area contributed by atoms with E-state index >= 15 is 0 Å². The summed E-state index contributed by atoms with van der Waals surface area (Å²) in [6.07, 6.45) is 4.08. The molecule has 0 aromatic heterocycles. The molecule has 1 rings (SSSR count).